The zero-order valence-electron chi connectivity index (χ0n) is 14.3. The molecule has 0 fully saturated rings. The third-order valence-corrected chi connectivity index (χ3v) is 4.37. The molecular weight excluding hydrogens is 338 g/mol. The number of benzene rings is 2. The molecule has 5 heteroatoms. The Labute approximate surface area is 152 Å². The standard InChI is InChI=1S/C20H20ClNO3/c1-20(2)13-22(16-5-3-4-6-18(16)25-20)19(24)12-11-17(23)14-7-9-15(21)10-8-14/h3-10H,11-13H2,1-2H3. The van der Waals surface area contributed by atoms with Crippen molar-refractivity contribution >= 4 is 29.0 Å². The molecule has 0 aromatic heterocycles. The molecule has 0 unspecified atom stereocenters. The second kappa shape index (κ2) is 6.89. The van der Waals surface area contributed by atoms with E-state index in [-0.39, 0.29) is 24.5 Å². The smallest absolute Gasteiger partial charge is 0.227 e. The topological polar surface area (TPSA) is 46.6 Å². The van der Waals surface area contributed by atoms with Crippen LogP contribution in [0.5, 0.6) is 5.75 Å². The number of ketones is 1. The molecule has 0 atom stereocenters. The van der Waals surface area contributed by atoms with Gasteiger partial charge in [-0.2, -0.15) is 0 Å². The minimum absolute atomic E-state index is 0.0641. The number of ether oxygens (including phenoxy) is 1. The average Bonchev–Trinajstić information content (AvgIpc) is 2.58. The second-order valence-corrected chi connectivity index (χ2v) is 7.18. The van der Waals surface area contributed by atoms with Crippen molar-refractivity contribution in [2.45, 2.75) is 32.3 Å². The van der Waals surface area contributed by atoms with Crippen molar-refractivity contribution in [1.82, 2.24) is 0 Å². The van der Waals surface area contributed by atoms with Crippen LogP contribution in [0.2, 0.25) is 5.02 Å². The summed E-state index contributed by atoms with van der Waals surface area (Å²) in [7, 11) is 0. The molecule has 0 saturated heterocycles. The fourth-order valence-corrected chi connectivity index (χ4v) is 3.05. The summed E-state index contributed by atoms with van der Waals surface area (Å²) in [6, 6.07) is 14.2. The summed E-state index contributed by atoms with van der Waals surface area (Å²) in [4.78, 5) is 26.7. The molecule has 2 aromatic carbocycles. The zero-order chi connectivity index (χ0) is 18.0. The van der Waals surface area contributed by atoms with Crippen LogP contribution in [0.15, 0.2) is 48.5 Å². The van der Waals surface area contributed by atoms with E-state index < -0.39 is 5.60 Å². The summed E-state index contributed by atoms with van der Waals surface area (Å²) in [5.41, 5.74) is 0.857. The van der Waals surface area contributed by atoms with Crippen LogP contribution in [0.4, 0.5) is 5.69 Å². The highest BCUT2D eigenvalue weighted by atomic mass is 35.5. The van der Waals surface area contributed by atoms with E-state index in [2.05, 4.69) is 0 Å². The largest absolute Gasteiger partial charge is 0.484 e. The lowest BCUT2D eigenvalue weighted by Crippen LogP contribution is -2.49. The number of amides is 1. The predicted octanol–water partition coefficient (Wildman–Crippen LogP) is 4.51. The Kier molecular flexibility index (Phi) is 4.82. The first-order valence-corrected chi connectivity index (χ1v) is 8.61. The zero-order valence-corrected chi connectivity index (χ0v) is 15.0. The number of fused-ring (bicyclic) bond motifs is 1. The minimum atomic E-state index is -0.468. The van der Waals surface area contributed by atoms with Crippen LogP contribution in [-0.2, 0) is 4.79 Å². The summed E-state index contributed by atoms with van der Waals surface area (Å²) in [5, 5.41) is 0.583. The van der Waals surface area contributed by atoms with Gasteiger partial charge in [-0.25, -0.2) is 0 Å². The van der Waals surface area contributed by atoms with Crippen LogP contribution < -0.4 is 9.64 Å². The molecule has 1 heterocycles. The Morgan fingerprint density at radius 1 is 1.08 bits per heavy atom. The number of halogens is 1. The molecule has 0 radical (unpaired) electrons. The Morgan fingerprint density at radius 2 is 1.76 bits per heavy atom. The molecule has 0 saturated carbocycles. The van der Waals surface area contributed by atoms with Gasteiger partial charge in [-0.1, -0.05) is 23.7 Å². The van der Waals surface area contributed by atoms with Gasteiger partial charge in [0.05, 0.1) is 12.2 Å². The van der Waals surface area contributed by atoms with Gasteiger partial charge >= 0.3 is 0 Å². The lowest BCUT2D eigenvalue weighted by atomic mass is 10.0. The van der Waals surface area contributed by atoms with Crippen LogP contribution in [-0.4, -0.2) is 23.8 Å². The third-order valence-electron chi connectivity index (χ3n) is 4.11. The molecule has 0 N–H and O–H groups in total. The Morgan fingerprint density at radius 3 is 2.48 bits per heavy atom. The van der Waals surface area contributed by atoms with E-state index in [1.54, 1.807) is 29.2 Å². The number of hydrogen-bond acceptors (Lipinski definition) is 3. The van der Waals surface area contributed by atoms with Gasteiger partial charge in [0.25, 0.3) is 0 Å². The van der Waals surface area contributed by atoms with E-state index in [1.807, 2.05) is 38.1 Å². The monoisotopic (exact) mass is 357 g/mol. The predicted molar refractivity (Wildman–Crippen MR) is 98.5 cm³/mol. The van der Waals surface area contributed by atoms with Crippen molar-refractivity contribution in [3.05, 3.63) is 59.1 Å². The molecule has 25 heavy (non-hydrogen) atoms. The maximum atomic E-state index is 12.7. The molecule has 3 rings (SSSR count). The van der Waals surface area contributed by atoms with E-state index >= 15 is 0 Å². The molecule has 2 aromatic rings. The van der Waals surface area contributed by atoms with E-state index in [0.717, 1.165) is 5.69 Å². The lowest BCUT2D eigenvalue weighted by Gasteiger charge is -2.39. The number of carbonyl (C=O) groups excluding carboxylic acids is 2. The van der Waals surface area contributed by atoms with Crippen molar-refractivity contribution in [3.8, 4) is 5.75 Å². The van der Waals surface area contributed by atoms with Crippen LogP contribution in [0.3, 0.4) is 0 Å². The number of Topliss-reactive ketones (excluding diaryl/α,β-unsaturated/α-hetero) is 1. The van der Waals surface area contributed by atoms with Crippen molar-refractivity contribution in [3.63, 3.8) is 0 Å². The van der Waals surface area contributed by atoms with Crippen molar-refractivity contribution < 1.29 is 14.3 Å². The van der Waals surface area contributed by atoms with Crippen LogP contribution in [0, 0.1) is 0 Å². The van der Waals surface area contributed by atoms with Gasteiger partial charge in [0.15, 0.2) is 5.78 Å². The van der Waals surface area contributed by atoms with Gasteiger partial charge in [-0.3, -0.25) is 9.59 Å². The highest BCUT2D eigenvalue weighted by Crippen LogP contribution is 2.37. The molecule has 0 bridgehead atoms. The number of para-hydroxylation sites is 2. The Bertz CT molecular complexity index is 799. The summed E-state index contributed by atoms with van der Waals surface area (Å²) >= 11 is 5.84. The first-order valence-electron chi connectivity index (χ1n) is 8.23. The van der Waals surface area contributed by atoms with Crippen molar-refractivity contribution in [2.75, 3.05) is 11.4 Å². The maximum absolute atomic E-state index is 12.7. The first-order chi connectivity index (χ1) is 11.9. The molecule has 1 aliphatic heterocycles. The molecule has 4 nitrogen and oxygen atoms in total. The molecular formula is C20H20ClNO3. The molecule has 130 valence electrons. The van der Waals surface area contributed by atoms with Gasteiger partial charge in [0.2, 0.25) is 5.91 Å². The normalized spacial score (nSPS) is 15.2. The number of nitrogens with zero attached hydrogens (tertiary/aromatic N) is 1. The van der Waals surface area contributed by atoms with Crippen molar-refractivity contribution in [2.24, 2.45) is 0 Å². The van der Waals surface area contributed by atoms with E-state index in [9.17, 15) is 9.59 Å². The van der Waals surface area contributed by atoms with Gasteiger partial charge in [0, 0.05) is 23.4 Å². The highest BCUT2D eigenvalue weighted by Gasteiger charge is 2.34. The summed E-state index contributed by atoms with van der Waals surface area (Å²) in [6.07, 6.45) is 0.326. The maximum Gasteiger partial charge on any atom is 0.227 e. The Balaban J connectivity index is 1.71. The van der Waals surface area contributed by atoms with Crippen LogP contribution in [0.1, 0.15) is 37.0 Å². The summed E-state index contributed by atoms with van der Waals surface area (Å²) < 4.78 is 5.93. The first kappa shape index (κ1) is 17.5. The second-order valence-electron chi connectivity index (χ2n) is 6.74. The number of rotatable bonds is 4. The minimum Gasteiger partial charge on any atom is -0.484 e. The van der Waals surface area contributed by atoms with Crippen LogP contribution >= 0.6 is 11.6 Å². The molecule has 1 aliphatic rings. The van der Waals surface area contributed by atoms with E-state index in [0.29, 0.717) is 22.9 Å². The van der Waals surface area contributed by atoms with E-state index in [4.69, 9.17) is 16.3 Å². The van der Waals surface area contributed by atoms with Gasteiger partial charge in [-0.15, -0.1) is 0 Å². The number of carbonyl (C=O) groups is 2. The summed E-state index contributed by atoms with van der Waals surface area (Å²) in [5.74, 6) is 0.549. The fraction of sp³-hybridized carbons (Fsp3) is 0.300. The molecule has 1 amide bonds. The van der Waals surface area contributed by atoms with Gasteiger partial charge < -0.3 is 9.64 Å². The Hall–Kier alpha value is -2.33. The number of hydrogen-bond donors (Lipinski definition) is 0. The lowest BCUT2D eigenvalue weighted by molar-refractivity contribution is -0.119. The quantitative estimate of drug-likeness (QED) is 0.756. The van der Waals surface area contributed by atoms with Crippen LogP contribution in [0.25, 0.3) is 0 Å². The third kappa shape index (κ3) is 4.02. The van der Waals surface area contributed by atoms with Gasteiger partial charge in [0.1, 0.15) is 11.4 Å². The van der Waals surface area contributed by atoms with Crippen molar-refractivity contribution in [1.29, 1.82) is 0 Å². The summed E-state index contributed by atoms with van der Waals surface area (Å²) in [6.45, 7) is 4.35. The molecule has 0 spiro atoms. The average molecular weight is 358 g/mol. The molecule has 0 aliphatic carbocycles. The fourth-order valence-electron chi connectivity index (χ4n) is 2.92. The number of anilines is 1. The van der Waals surface area contributed by atoms with Gasteiger partial charge in [-0.05, 0) is 50.2 Å². The van der Waals surface area contributed by atoms with E-state index in [1.165, 1.54) is 0 Å². The highest BCUT2D eigenvalue weighted by molar-refractivity contribution is 6.30. The SMILES string of the molecule is CC1(C)CN(C(=O)CCC(=O)c2ccc(Cl)cc2)c2ccccc2O1.